The summed E-state index contributed by atoms with van der Waals surface area (Å²) in [5.74, 6) is 0.779. The Morgan fingerprint density at radius 3 is 2.78 bits per heavy atom. The maximum atomic E-state index is 6.12. The summed E-state index contributed by atoms with van der Waals surface area (Å²) >= 11 is 6.12. The molecular formula is C18H16ClN3O. The Balaban J connectivity index is 1.92. The van der Waals surface area contributed by atoms with Crippen LogP contribution >= 0.6 is 11.6 Å². The normalized spacial score (nSPS) is 11.1. The largest absolute Gasteiger partial charge is 0.497 e. The first-order valence-electron chi connectivity index (χ1n) is 7.16. The number of pyridine rings is 1. The molecule has 0 unspecified atom stereocenters. The molecule has 4 nitrogen and oxygen atoms in total. The zero-order valence-corrected chi connectivity index (χ0v) is 13.6. The topological polar surface area (TPSA) is 46.5 Å². The van der Waals surface area contributed by atoms with E-state index in [0.29, 0.717) is 5.02 Å². The highest BCUT2D eigenvalue weighted by Gasteiger charge is 2.05. The van der Waals surface area contributed by atoms with E-state index < -0.39 is 0 Å². The Morgan fingerprint density at radius 1 is 1.17 bits per heavy atom. The number of aromatic nitrogens is 1. The van der Waals surface area contributed by atoms with Crippen LogP contribution in [0.5, 0.6) is 5.75 Å². The van der Waals surface area contributed by atoms with Crippen LogP contribution < -0.4 is 10.2 Å². The maximum absolute atomic E-state index is 6.12. The van der Waals surface area contributed by atoms with Crippen molar-refractivity contribution in [2.45, 2.75) is 6.92 Å². The van der Waals surface area contributed by atoms with Gasteiger partial charge >= 0.3 is 0 Å². The minimum Gasteiger partial charge on any atom is -0.497 e. The van der Waals surface area contributed by atoms with E-state index in [4.69, 9.17) is 16.3 Å². The summed E-state index contributed by atoms with van der Waals surface area (Å²) in [5, 5.41) is 5.93. The molecule has 1 aromatic heterocycles. The van der Waals surface area contributed by atoms with Gasteiger partial charge in [-0.05, 0) is 31.2 Å². The summed E-state index contributed by atoms with van der Waals surface area (Å²) in [4.78, 5) is 4.53. The summed E-state index contributed by atoms with van der Waals surface area (Å²) in [6.45, 7) is 1.95. The van der Waals surface area contributed by atoms with Crippen LogP contribution in [-0.2, 0) is 0 Å². The Labute approximate surface area is 139 Å². The summed E-state index contributed by atoms with van der Waals surface area (Å²) < 4.78 is 5.25. The van der Waals surface area contributed by atoms with Gasteiger partial charge in [0.1, 0.15) is 5.75 Å². The number of ether oxygens (including phenoxy) is 1. The van der Waals surface area contributed by atoms with Crippen LogP contribution in [-0.4, -0.2) is 18.3 Å². The van der Waals surface area contributed by atoms with Crippen molar-refractivity contribution in [1.29, 1.82) is 0 Å². The Bertz CT molecular complexity index is 877. The highest BCUT2D eigenvalue weighted by Crippen LogP contribution is 2.26. The van der Waals surface area contributed by atoms with Gasteiger partial charge in [-0.1, -0.05) is 29.8 Å². The number of halogens is 1. The monoisotopic (exact) mass is 325 g/mol. The van der Waals surface area contributed by atoms with Gasteiger partial charge in [-0.3, -0.25) is 10.4 Å². The molecule has 5 heteroatoms. The van der Waals surface area contributed by atoms with E-state index in [1.165, 1.54) is 0 Å². The van der Waals surface area contributed by atoms with E-state index in [0.717, 1.165) is 33.6 Å². The third-order valence-electron chi connectivity index (χ3n) is 3.44. The summed E-state index contributed by atoms with van der Waals surface area (Å²) in [6.07, 6.45) is 1.70. The van der Waals surface area contributed by atoms with Crippen molar-refractivity contribution in [2.75, 3.05) is 12.5 Å². The number of methoxy groups -OCH3 is 1. The number of aryl methyl sites for hydroxylation is 1. The molecule has 0 spiro atoms. The minimum absolute atomic E-state index is 0.665. The third-order valence-corrected chi connectivity index (χ3v) is 3.78. The lowest BCUT2D eigenvalue weighted by molar-refractivity contribution is 0.415. The van der Waals surface area contributed by atoms with Crippen LogP contribution in [0.25, 0.3) is 10.9 Å². The molecule has 0 saturated heterocycles. The van der Waals surface area contributed by atoms with Crippen molar-refractivity contribution in [3.8, 4) is 5.75 Å². The van der Waals surface area contributed by atoms with Crippen molar-refractivity contribution >= 4 is 34.4 Å². The smallest absolute Gasteiger partial charge is 0.121 e. The highest BCUT2D eigenvalue weighted by atomic mass is 35.5. The molecule has 0 amide bonds. The van der Waals surface area contributed by atoms with Gasteiger partial charge in [0.25, 0.3) is 0 Å². The summed E-state index contributed by atoms with van der Waals surface area (Å²) in [6, 6.07) is 15.3. The molecule has 0 radical (unpaired) electrons. The lowest BCUT2D eigenvalue weighted by Crippen LogP contribution is -1.95. The van der Waals surface area contributed by atoms with Crippen molar-refractivity contribution in [2.24, 2.45) is 5.10 Å². The maximum Gasteiger partial charge on any atom is 0.121 e. The molecule has 1 heterocycles. The van der Waals surface area contributed by atoms with Gasteiger partial charge in [0.15, 0.2) is 0 Å². The second kappa shape index (κ2) is 6.67. The van der Waals surface area contributed by atoms with Gasteiger partial charge < -0.3 is 4.74 Å². The average molecular weight is 326 g/mol. The summed E-state index contributed by atoms with van der Waals surface area (Å²) in [7, 11) is 1.64. The fourth-order valence-electron chi connectivity index (χ4n) is 2.31. The van der Waals surface area contributed by atoms with E-state index in [-0.39, 0.29) is 0 Å². The highest BCUT2D eigenvalue weighted by molar-refractivity contribution is 6.33. The van der Waals surface area contributed by atoms with E-state index >= 15 is 0 Å². The van der Waals surface area contributed by atoms with E-state index in [9.17, 15) is 0 Å². The number of nitrogens with zero attached hydrogens (tertiary/aromatic N) is 2. The van der Waals surface area contributed by atoms with Gasteiger partial charge in [-0.15, -0.1) is 0 Å². The molecule has 3 aromatic rings. The molecule has 0 aliphatic rings. The standard InChI is InChI=1S/C18H16ClN3O/c1-12-9-18(15-8-7-14(23-2)10-17(15)21-12)22-20-11-13-5-3-4-6-16(13)19/h3-11H,1-2H3,(H,21,22)/b20-11+. The first-order valence-corrected chi connectivity index (χ1v) is 7.54. The zero-order valence-electron chi connectivity index (χ0n) is 12.9. The molecule has 2 aromatic carbocycles. The second-order valence-electron chi connectivity index (χ2n) is 5.09. The van der Waals surface area contributed by atoms with Gasteiger partial charge in [0, 0.05) is 27.7 Å². The molecule has 0 fully saturated rings. The van der Waals surface area contributed by atoms with E-state index in [1.54, 1.807) is 13.3 Å². The van der Waals surface area contributed by atoms with Crippen LogP contribution in [0.2, 0.25) is 5.02 Å². The molecule has 0 bridgehead atoms. The predicted molar refractivity (Wildman–Crippen MR) is 95.7 cm³/mol. The second-order valence-corrected chi connectivity index (χ2v) is 5.49. The molecule has 116 valence electrons. The number of hydrazone groups is 1. The fraction of sp³-hybridized carbons (Fsp3) is 0.111. The quantitative estimate of drug-likeness (QED) is 0.561. The molecule has 23 heavy (non-hydrogen) atoms. The number of hydrogen-bond donors (Lipinski definition) is 1. The number of rotatable bonds is 4. The van der Waals surface area contributed by atoms with Crippen molar-refractivity contribution in [1.82, 2.24) is 4.98 Å². The number of nitrogens with one attached hydrogen (secondary N) is 1. The van der Waals surface area contributed by atoms with E-state index in [2.05, 4.69) is 15.5 Å². The fourth-order valence-corrected chi connectivity index (χ4v) is 2.50. The number of anilines is 1. The van der Waals surface area contributed by atoms with Crippen LogP contribution in [0.15, 0.2) is 53.6 Å². The van der Waals surface area contributed by atoms with Crippen LogP contribution in [0.4, 0.5) is 5.69 Å². The average Bonchev–Trinajstić information content (AvgIpc) is 2.55. The van der Waals surface area contributed by atoms with Gasteiger partial charge in [-0.2, -0.15) is 5.10 Å². The predicted octanol–water partition coefficient (Wildman–Crippen LogP) is 4.65. The lowest BCUT2D eigenvalue weighted by Gasteiger charge is -2.08. The van der Waals surface area contributed by atoms with Crippen molar-refractivity contribution in [3.05, 3.63) is 64.8 Å². The molecular weight excluding hydrogens is 310 g/mol. The molecule has 0 aliphatic carbocycles. The molecule has 0 saturated carbocycles. The van der Waals surface area contributed by atoms with Crippen molar-refractivity contribution in [3.63, 3.8) is 0 Å². The minimum atomic E-state index is 0.665. The molecule has 0 atom stereocenters. The first-order chi connectivity index (χ1) is 11.2. The first kappa shape index (κ1) is 15.3. The van der Waals surface area contributed by atoms with Gasteiger partial charge in [0.2, 0.25) is 0 Å². The Morgan fingerprint density at radius 2 is 2.00 bits per heavy atom. The molecule has 3 rings (SSSR count). The summed E-state index contributed by atoms with van der Waals surface area (Å²) in [5.41, 5.74) is 6.58. The third kappa shape index (κ3) is 3.43. The Kier molecular flexibility index (Phi) is 4.44. The lowest BCUT2D eigenvalue weighted by atomic mass is 10.1. The zero-order chi connectivity index (χ0) is 16.2. The van der Waals surface area contributed by atoms with Gasteiger partial charge in [0.05, 0.1) is 24.5 Å². The van der Waals surface area contributed by atoms with Crippen molar-refractivity contribution < 1.29 is 4.74 Å². The number of fused-ring (bicyclic) bond motifs is 1. The number of benzene rings is 2. The van der Waals surface area contributed by atoms with E-state index in [1.807, 2.05) is 55.5 Å². The SMILES string of the molecule is COc1ccc2c(N/N=C/c3ccccc3Cl)cc(C)nc2c1. The van der Waals surface area contributed by atoms with Crippen LogP contribution in [0.1, 0.15) is 11.3 Å². The van der Waals surface area contributed by atoms with Gasteiger partial charge in [-0.25, -0.2) is 0 Å². The number of hydrogen-bond acceptors (Lipinski definition) is 4. The Hall–Kier alpha value is -2.59. The van der Waals surface area contributed by atoms with Crippen LogP contribution in [0, 0.1) is 6.92 Å². The molecule has 0 aliphatic heterocycles. The van der Waals surface area contributed by atoms with Crippen LogP contribution in [0.3, 0.4) is 0 Å². The molecule has 1 N–H and O–H groups in total.